The standard InChI is InChI=1S/C16H20BrNO3S2/c1-12(2)21-14-7-3-5-13(11-14)6-4-10-18-23(19,20)16-9-8-15(17)22-16/h3,5,7-9,11-12,18H,4,6,10H2,1-2H3. The Hall–Kier alpha value is -0.890. The molecular weight excluding hydrogens is 398 g/mol. The quantitative estimate of drug-likeness (QED) is 0.654. The lowest BCUT2D eigenvalue weighted by atomic mass is 10.1. The Balaban J connectivity index is 1.83. The fourth-order valence-corrected chi connectivity index (χ4v) is 5.19. The van der Waals surface area contributed by atoms with E-state index >= 15 is 0 Å². The van der Waals surface area contributed by atoms with E-state index in [1.54, 1.807) is 12.1 Å². The third-order valence-corrected chi connectivity index (χ3v) is 6.59. The van der Waals surface area contributed by atoms with Gasteiger partial charge in [0.2, 0.25) is 10.0 Å². The van der Waals surface area contributed by atoms with Gasteiger partial charge in [-0.15, -0.1) is 11.3 Å². The molecule has 0 saturated carbocycles. The van der Waals surface area contributed by atoms with Gasteiger partial charge in [-0.2, -0.15) is 0 Å². The van der Waals surface area contributed by atoms with E-state index in [1.165, 1.54) is 11.3 Å². The van der Waals surface area contributed by atoms with Crippen molar-refractivity contribution in [2.75, 3.05) is 6.54 Å². The van der Waals surface area contributed by atoms with Crippen molar-refractivity contribution in [2.24, 2.45) is 0 Å². The van der Waals surface area contributed by atoms with Gasteiger partial charge in [0.15, 0.2) is 0 Å². The Kier molecular flexibility index (Phi) is 6.64. The van der Waals surface area contributed by atoms with Crippen molar-refractivity contribution in [3.63, 3.8) is 0 Å². The number of thiophene rings is 1. The molecule has 1 N–H and O–H groups in total. The van der Waals surface area contributed by atoms with E-state index < -0.39 is 10.0 Å². The Bertz CT molecular complexity index is 741. The summed E-state index contributed by atoms with van der Waals surface area (Å²) in [4.78, 5) is 0. The molecule has 0 spiro atoms. The summed E-state index contributed by atoms with van der Waals surface area (Å²) < 4.78 is 33.6. The van der Waals surface area contributed by atoms with Crippen LogP contribution in [0.2, 0.25) is 0 Å². The summed E-state index contributed by atoms with van der Waals surface area (Å²) in [6, 6.07) is 11.3. The summed E-state index contributed by atoms with van der Waals surface area (Å²) in [7, 11) is -3.40. The van der Waals surface area contributed by atoms with Gasteiger partial charge < -0.3 is 4.74 Å². The van der Waals surface area contributed by atoms with Crippen LogP contribution in [0.5, 0.6) is 5.75 Å². The number of sulfonamides is 1. The van der Waals surface area contributed by atoms with Crippen LogP contribution < -0.4 is 9.46 Å². The molecule has 1 heterocycles. The first-order valence-corrected chi connectivity index (χ1v) is 10.5. The number of nitrogens with one attached hydrogen (secondary N) is 1. The predicted molar refractivity (Wildman–Crippen MR) is 97.7 cm³/mol. The molecular formula is C16H20BrNO3S2. The van der Waals surface area contributed by atoms with Gasteiger partial charge in [-0.1, -0.05) is 12.1 Å². The van der Waals surface area contributed by atoms with E-state index in [9.17, 15) is 8.42 Å². The molecule has 1 aromatic heterocycles. The van der Waals surface area contributed by atoms with Crippen LogP contribution in [0.4, 0.5) is 0 Å². The average Bonchev–Trinajstić information content (AvgIpc) is 2.91. The number of ether oxygens (including phenoxy) is 1. The summed E-state index contributed by atoms with van der Waals surface area (Å²) in [6.07, 6.45) is 1.67. The van der Waals surface area contributed by atoms with E-state index in [0.717, 1.165) is 27.9 Å². The smallest absolute Gasteiger partial charge is 0.250 e. The van der Waals surface area contributed by atoms with E-state index in [-0.39, 0.29) is 6.10 Å². The van der Waals surface area contributed by atoms with Crippen molar-refractivity contribution in [3.05, 3.63) is 45.7 Å². The summed E-state index contributed by atoms with van der Waals surface area (Å²) in [6.45, 7) is 4.39. The molecule has 0 atom stereocenters. The summed E-state index contributed by atoms with van der Waals surface area (Å²) >= 11 is 4.48. The monoisotopic (exact) mass is 417 g/mol. The molecule has 126 valence electrons. The number of hydrogen-bond acceptors (Lipinski definition) is 4. The summed E-state index contributed by atoms with van der Waals surface area (Å²) in [5.41, 5.74) is 1.14. The SMILES string of the molecule is CC(C)Oc1cccc(CCCNS(=O)(=O)c2ccc(Br)s2)c1. The fraction of sp³-hybridized carbons (Fsp3) is 0.375. The second-order valence-corrected chi connectivity index (χ2v) is 9.83. The third-order valence-electron chi connectivity index (χ3n) is 3.02. The Labute approximate surface area is 150 Å². The Morgan fingerprint density at radius 2 is 2.04 bits per heavy atom. The fourth-order valence-electron chi connectivity index (χ4n) is 2.06. The molecule has 0 fully saturated rings. The molecule has 1 aromatic carbocycles. The lowest BCUT2D eigenvalue weighted by molar-refractivity contribution is 0.242. The van der Waals surface area contributed by atoms with Crippen molar-refractivity contribution in [3.8, 4) is 5.75 Å². The van der Waals surface area contributed by atoms with Crippen LogP contribution in [-0.2, 0) is 16.4 Å². The van der Waals surface area contributed by atoms with E-state index in [0.29, 0.717) is 10.8 Å². The van der Waals surface area contributed by atoms with E-state index in [1.807, 2.05) is 38.1 Å². The van der Waals surface area contributed by atoms with Gasteiger partial charge in [0.05, 0.1) is 9.89 Å². The normalized spacial score (nSPS) is 11.8. The number of hydrogen-bond donors (Lipinski definition) is 1. The van der Waals surface area contributed by atoms with E-state index in [4.69, 9.17) is 4.74 Å². The molecule has 0 saturated heterocycles. The average molecular weight is 418 g/mol. The van der Waals surface area contributed by atoms with Crippen LogP contribution in [0.25, 0.3) is 0 Å². The van der Waals surface area contributed by atoms with Gasteiger partial charge in [-0.3, -0.25) is 0 Å². The Morgan fingerprint density at radius 3 is 2.70 bits per heavy atom. The number of rotatable bonds is 8. The van der Waals surface area contributed by atoms with Crippen LogP contribution in [0.3, 0.4) is 0 Å². The molecule has 2 aromatic rings. The predicted octanol–water partition coefficient (Wildman–Crippen LogP) is 4.21. The third kappa shape index (κ3) is 5.91. The largest absolute Gasteiger partial charge is 0.491 e. The minimum atomic E-state index is -3.40. The lowest BCUT2D eigenvalue weighted by Crippen LogP contribution is -2.24. The van der Waals surface area contributed by atoms with E-state index in [2.05, 4.69) is 20.7 Å². The first kappa shape index (κ1) is 18.4. The minimum absolute atomic E-state index is 0.141. The number of benzene rings is 1. The molecule has 0 radical (unpaired) electrons. The highest BCUT2D eigenvalue weighted by Crippen LogP contribution is 2.25. The zero-order valence-corrected chi connectivity index (χ0v) is 16.3. The number of aryl methyl sites for hydroxylation is 1. The van der Waals surface area contributed by atoms with Gasteiger partial charge in [-0.05, 0) is 72.4 Å². The van der Waals surface area contributed by atoms with Crippen LogP contribution >= 0.6 is 27.3 Å². The molecule has 0 aliphatic heterocycles. The highest BCUT2D eigenvalue weighted by molar-refractivity contribution is 9.11. The second kappa shape index (κ2) is 8.28. The van der Waals surface area contributed by atoms with Crippen LogP contribution in [0.15, 0.2) is 44.4 Å². The van der Waals surface area contributed by atoms with Crippen LogP contribution in [0, 0.1) is 0 Å². The lowest BCUT2D eigenvalue weighted by Gasteiger charge is -2.11. The summed E-state index contributed by atoms with van der Waals surface area (Å²) in [5, 5.41) is 0. The van der Waals surface area contributed by atoms with Gasteiger partial charge >= 0.3 is 0 Å². The molecule has 0 amide bonds. The maximum Gasteiger partial charge on any atom is 0.250 e. The topological polar surface area (TPSA) is 55.4 Å². The zero-order chi connectivity index (χ0) is 16.9. The zero-order valence-electron chi connectivity index (χ0n) is 13.1. The van der Waals surface area contributed by atoms with Crippen LogP contribution in [0.1, 0.15) is 25.8 Å². The molecule has 23 heavy (non-hydrogen) atoms. The van der Waals surface area contributed by atoms with Crippen molar-refractivity contribution in [2.45, 2.75) is 37.0 Å². The molecule has 0 aliphatic carbocycles. The highest BCUT2D eigenvalue weighted by Gasteiger charge is 2.15. The number of halogens is 1. The Morgan fingerprint density at radius 1 is 1.26 bits per heavy atom. The molecule has 2 rings (SSSR count). The maximum atomic E-state index is 12.1. The van der Waals surface area contributed by atoms with Crippen molar-refractivity contribution in [1.82, 2.24) is 4.72 Å². The molecule has 0 unspecified atom stereocenters. The highest BCUT2D eigenvalue weighted by atomic mass is 79.9. The minimum Gasteiger partial charge on any atom is -0.491 e. The van der Waals surface area contributed by atoms with Crippen LogP contribution in [-0.4, -0.2) is 21.1 Å². The summed E-state index contributed by atoms with van der Waals surface area (Å²) in [5.74, 6) is 0.849. The van der Waals surface area contributed by atoms with Gasteiger partial charge in [0.25, 0.3) is 0 Å². The molecule has 0 aliphatic rings. The second-order valence-electron chi connectivity index (χ2n) is 5.37. The molecule has 4 nitrogen and oxygen atoms in total. The first-order valence-electron chi connectivity index (χ1n) is 7.37. The van der Waals surface area contributed by atoms with Gasteiger partial charge in [0, 0.05) is 6.54 Å². The first-order chi connectivity index (χ1) is 10.9. The maximum absolute atomic E-state index is 12.1. The van der Waals surface area contributed by atoms with Gasteiger partial charge in [-0.25, -0.2) is 13.1 Å². The van der Waals surface area contributed by atoms with Crippen molar-refractivity contribution < 1.29 is 13.2 Å². The van der Waals surface area contributed by atoms with Crippen molar-refractivity contribution >= 4 is 37.3 Å². The molecule has 7 heteroatoms. The van der Waals surface area contributed by atoms with Gasteiger partial charge in [0.1, 0.15) is 9.96 Å². The van der Waals surface area contributed by atoms with Crippen molar-refractivity contribution in [1.29, 1.82) is 0 Å². The molecule has 0 bridgehead atoms.